The van der Waals surface area contributed by atoms with E-state index in [0.29, 0.717) is 178 Å². The van der Waals surface area contributed by atoms with Crippen LogP contribution in [0.15, 0.2) is 0 Å². The summed E-state index contributed by atoms with van der Waals surface area (Å²) in [6, 6.07) is 0. The van der Waals surface area contributed by atoms with E-state index in [4.69, 9.17) is 99.5 Å². The summed E-state index contributed by atoms with van der Waals surface area (Å²) in [6.45, 7) is 111. The highest BCUT2D eigenvalue weighted by Gasteiger charge is 2.07. The van der Waals surface area contributed by atoms with E-state index in [0.717, 1.165) is 129 Å². The van der Waals surface area contributed by atoms with E-state index in [1.165, 1.54) is 75.7 Å². The molecule has 0 rings (SSSR count). The molecule has 0 aliphatic rings. The third kappa shape index (κ3) is 217. The third-order valence-electron chi connectivity index (χ3n) is 15.9. The molecule has 1 N–H and O–H groups in total. The van der Waals surface area contributed by atoms with Gasteiger partial charge in [-0.3, -0.25) is 0 Å². The Morgan fingerprint density at radius 1 is 0.137 bits per heavy atom. The van der Waals surface area contributed by atoms with Crippen molar-refractivity contribution >= 4 is 0 Å². The zero-order valence-electron chi connectivity index (χ0n) is 95.9. The van der Waals surface area contributed by atoms with Crippen molar-refractivity contribution in [3.63, 3.8) is 0 Å². The normalized spacial score (nSPS) is 11.5. The first-order valence-corrected chi connectivity index (χ1v) is 52.5. The molecule has 0 amide bonds. The van der Waals surface area contributed by atoms with Gasteiger partial charge in [0.15, 0.2) is 0 Å². The molecular formula is C108H239NO22. The molecule has 0 aromatic rings. The molecule has 0 saturated carbocycles. The zero-order valence-corrected chi connectivity index (χ0v) is 95.9. The third-order valence-corrected chi connectivity index (χ3v) is 15.9. The lowest BCUT2D eigenvalue weighted by molar-refractivity contribution is -0.121. The van der Waals surface area contributed by atoms with Crippen molar-refractivity contribution < 1.29 is 105 Å². The Hall–Kier alpha value is -0.920. The van der Waals surface area contributed by atoms with Gasteiger partial charge in [0.05, 0.1) is 189 Å². The van der Waals surface area contributed by atoms with Crippen molar-refractivity contribution in [3.05, 3.63) is 0 Å². The maximum Gasteiger partial charge on any atom is 0.0704 e. The summed E-state index contributed by atoms with van der Waals surface area (Å²) < 4.78 is 112. The van der Waals surface area contributed by atoms with Gasteiger partial charge in [0, 0.05) is 92.4 Å². The minimum Gasteiger partial charge on any atom is -0.379 e. The molecule has 0 fully saturated rings. The van der Waals surface area contributed by atoms with Gasteiger partial charge in [0.2, 0.25) is 0 Å². The number of ether oxygens (including phenoxy) is 21. The summed E-state index contributed by atoms with van der Waals surface area (Å²) in [7, 11) is 0. The fraction of sp³-hybridized carbons (Fsp3) is 1.00. The van der Waals surface area contributed by atoms with Crippen molar-refractivity contribution in [2.75, 3.05) is 172 Å². The lowest BCUT2D eigenvalue weighted by atomic mass is 10.1. The van der Waals surface area contributed by atoms with E-state index in [-0.39, 0.29) is 30.5 Å². The molecule has 0 heterocycles. The molecule has 0 aliphatic heterocycles. The van der Waals surface area contributed by atoms with E-state index >= 15 is 0 Å². The highest BCUT2D eigenvalue weighted by atomic mass is 16.6. The molecule has 0 aromatic carbocycles. The average molecular weight is 1900 g/mol. The topological polar surface area (TPSA) is 217 Å². The molecule has 808 valence electrons. The monoisotopic (exact) mass is 1900 g/mol. The summed E-state index contributed by atoms with van der Waals surface area (Å²) in [4.78, 5) is 0. The van der Waals surface area contributed by atoms with E-state index in [1.807, 2.05) is 125 Å². The Balaban J connectivity index is -0.000000135. The fourth-order valence-corrected chi connectivity index (χ4v) is 9.21. The van der Waals surface area contributed by atoms with Crippen molar-refractivity contribution in [3.8, 4) is 0 Å². The van der Waals surface area contributed by atoms with Gasteiger partial charge in [-0.2, -0.15) is 5.06 Å². The fourth-order valence-electron chi connectivity index (χ4n) is 9.21. The van der Waals surface area contributed by atoms with Crippen molar-refractivity contribution in [2.24, 2.45) is 23.7 Å². The van der Waals surface area contributed by atoms with E-state index in [1.54, 1.807) is 0 Å². The van der Waals surface area contributed by atoms with Gasteiger partial charge < -0.3 is 105 Å². The SMILES string of the molecule is CC(C)CCCCOC(C)C.CC(C)CCCOC(C)C.CC(C)CCOC(C)C.CC(C)COCCOCCOC(C)C.CC(C)OCCCCCCOC(C)C.CC(C)OCCCCCOC(C)C.CC(C)OCCCCOC(C)C.CC(C)OCCCOC(C)C.CC(C)OCCN(O)CCOC(C)C.CC(C)OCCOC(C)C.CC(C)OCCOCCOC(C)C. The molecule has 23 nitrogen and oxygen atoms in total. The first kappa shape index (κ1) is 153. The Kier molecular flexibility index (Phi) is 144. The van der Waals surface area contributed by atoms with Crippen molar-refractivity contribution in [1.82, 2.24) is 5.06 Å². The predicted octanol–water partition coefficient (Wildman–Crippen LogP) is 27.1. The molecule has 0 spiro atoms. The van der Waals surface area contributed by atoms with Crippen molar-refractivity contribution in [1.29, 1.82) is 0 Å². The van der Waals surface area contributed by atoms with Crippen LogP contribution in [0.5, 0.6) is 0 Å². The van der Waals surface area contributed by atoms with Crippen LogP contribution in [0.2, 0.25) is 0 Å². The van der Waals surface area contributed by atoms with E-state index in [2.05, 4.69) is 180 Å². The Bertz CT molecular complexity index is 1690. The van der Waals surface area contributed by atoms with Gasteiger partial charge in [-0.1, -0.05) is 81.1 Å². The number of hydrogen-bond acceptors (Lipinski definition) is 23. The molecule has 0 bridgehead atoms. The number of unbranched alkanes of at least 4 members (excludes halogenated alkanes) is 7. The molecule has 0 atom stereocenters. The smallest absolute Gasteiger partial charge is 0.0704 e. The number of hydroxylamine groups is 2. The highest BCUT2D eigenvalue weighted by molar-refractivity contribution is 4.54. The lowest BCUT2D eigenvalue weighted by Crippen LogP contribution is -2.29. The summed E-state index contributed by atoms with van der Waals surface area (Å²) in [5, 5.41) is 10.6. The molecule has 0 aromatic heterocycles. The Morgan fingerprint density at radius 3 is 0.527 bits per heavy atom. The summed E-state index contributed by atoms with van der Waals surface area (Å²) >= 11 is 0. The van der Waals surface area contributed by atoms with Crippen LogP contribution in [0, 0.1) is 23.7 Å². The molecule has 0 radical (unpaired) electrons. The summed E-state index contributed by atoms with van der Waals surface area (Å²) in [5.41, 5.74) is 0. The second kappa shape index (κ2) is 123. The standard InChI is InChI=1S/C12H26O2.C11H24O3.C11H24O2.C10H23NO3.C10H22O3.C10H22O2.C10H22O.C9H20O2.C9H20O.C8H18O2.C8H18O/c1-11(2)13-9-7-5-6-8-10-14-12(3)4;1-10(2)9-13-6-5-12-7-8-14-11(3)4;1-10(2)12-8-6-5-7-9-13-11(3)4;1-9(2)13-7-5-11(12)6-8-14-10(3)4;1-9(2)12-7-5-11-6-8-13-10(3)4;1-9(2)11-7-5-6-8-12-10(3)4;1-9(2)7-5-6-8-11-10(3)4;1-8(2)10-6-5-7-11-9(3)4;1-8(2)6-5-7-10-9(3)4;1-7(2)9-5-6-10-8(3)4;1-7(2)5-6-9-8(3)4/h11-12H,5-10H2,1-4H3;10-11H,5-9H2,1-4H3;10-11H,5-9H2,1-4H3;9-10,12H,5-8H2,1-4H3;9-10H,5-8H2,1-4H3;9-10H,5-8H2,1-4H3;9-10H,5-8H2,1-4H3;8-9H,5-7H2,1-4H3;8-9H,5-7H2,1-4H3;7-8H,5-6H2,1-4H3;7-8H,5-6H2,1-4H3. The minimum atomic E-state index is 0.218. The maximum absolute atomic E-state index is 9.35. The molecule has 0 saturated heterocycles. The van der Waals surface area contributed by atoms with Crippen LogP contribution in [0.3, 0.4) is 0 Å². The van der Waals surface area contributed by atoms with Crippen LogP contribution in [-0.4, -0.2) is 292 Å². The minimum absolute atomic E-state index is 0.218. The van der Waals surface area contributed by atoms with Crippen LogP contribution in [0.25, 0.3) is 0 Å². The molecule has 23 heteroatoms. The second-order valence-corrected chi connectivity index (χ2v) is 39.3. The maximum atomic E-state index is 9.35. The first-order valence-electron chi connectivity index (χ1n) is 52.5. The summed E-state index contributed by atoms with van der Waals surface area (Å²) in [5.74, 6) is 3.02. The van der Waals surface area contributed by atoms with Crippen LogP contribution in [0.4, 0.5) is 0 Å². The first-order chi connectivity index (χ1) is 61.3. The highest BCUT2D eigenvalue weighted by Crippen LogP contribution is 2.10. The average Bonchev–Trinajstić information content (AvgIpc) is 1.02. The summed E-state index contributed by atoms with van der Waals surface area (Å²) in [6.07, 6.45) is 25.1. The number of rotatable bonds is 75. The number of hydrogen-bond donors (Lipinski definition) is 1. The largest absolute Gasteiger partial charge is 0.379 e. The second-order valence-electron chi connectivity index (χ2n) is 39.3. The van der Waals surface area contributed by atoms with Crippen LogP contribution >= 0.6 is 0 Å². The van der Waals surface area contributed by atoms with Crippen LogP contribution in [-0.2, 0) is 99.5 Å². The Morgan fingerprint density at radius 2 is 0.298 bits per heavy atom. The molecular weight excluding hydrogens is 1660 g/mol. The van der Waals surface area contributed by atoms with Gasteiger partial charge in [0.1, 0.15) is 0 Å². The van der Waals surface area contributed by atoms with Gasteiger partial charge in [-0.25, -0.2) is 0 Å². The van der Waals surface area contributed by atoms with Gasteiger partial charge in [-0.05, 0) is 350 Å². The van der Waals surface area contributed by atoms with E-state index in [9.17, 15) is 5.21 Å². The molecule has 0 aliphatic carbocycles. The molecule has 131 heavy (non-hydrogen) atoms. The van der Waals surface area contributed by atoms with Crippen LogP contribution in [0.1, 0.15) is 407 Å². The van der Waals surface area contributed by atoms with Gasteiger partial charge >= 0.3 is 0 Å². The Labute approximate surface area is 818 Å². The van der Waals surface area contributed by atoms with Crippen molar-refractivity contribution in [2.45, 2.75) is 517 Å². The van der Waals surface area contributed by atoms with Gasteiger partial charge in [-0.15, -0.1) is 0 Å². The predicted molar refractivity (Wildman–Crippen MR) is 559 cm³/mol. The van der Waals surface area contributed by atoms with Gasteiger partial charge in [0.25, 0.3) is 0 Å². The lowest BCUT2D eigenvalue weighted by Gasteiger charge is -2.16. The number of nitrogens with zero attached hydrogens (tertiary/aromatic N) is 1. The van der Waals surface area contributed by atoms with E-state index < -0.39 is 0 Å². The quantitative estimate of drug-likeness (QED) is 0.0442. The molecule has 0 unspecified atom stereocenters. The zero-order chi connectivity index (χ0) is 103. The van der Waals surface area contributed by atoms with Crippen LogP contribution < -0.4 is 0 Å².